The van der Waals surface area contributed by atoms with Gasteiger partial charge in [0.1, 0.15) is 4.99 Å². The summed E-state index contributed by atoms with van der Waals surface area (Å²) in [4.78, 5) is 0.0484. The summed E-state index contributed by atoms with van der Waals surface area (Å²) in [5, 5.41) is 7.66. The van der Waals surface area contributed by atoms with E-state index in [9.17, 15) is 8.78 Å². The Bertz CT molecular complexity index is 692. The van der Waals surface area contributed by atoms with Gasteiger partial charge < -0.3 is 10.5 Å². The lowest BCUT2D eigenvalue weighted by molar-refractivity contribution is 0.400. The molecule has 1 aromatic carbocycles. The molecule has 0 saturated heterocycles. The fraction of sp³-hybridized carbons (Fsp3) is 0.154. The number of nitrogens with zero attached hydrogens (tertiary/aromatic N) is 2. The van der Waals surface area contributed by atoms with Gasteiger partial charge in [0.25, 0.3) is 0 Å². The SMILES string of the molecule is Cc1nnc(Oc2cccc(F)c2F)c(C(N)=S)c1C. The third kappa shape index (κ3) is 2.57. The van der Waals surface area contributed by atoms with E-state index in [2.05, 4.69) is 10.2 Å². The Kier molecular flexibility index (Phi) is 3.89. The number of rotatable bonds is 3. The summed E-state index contributed by atoms with van der Waals surface area (Å²) >= 11 is 4.93. The smallest absolute Gasteiger partial charge is 0.249 e. The van der Waals surface area contributed by atoms with Crippen LogP contribution in [0.25, 0.3) is 0 Å². The van der Waals surface area contributed by atoms with Crippen molar-refractivity contribution in [3.8, 4) is 11.6 Å². The zero-order chi connectivity index (χ0) is 14.9. The maximum absolute atomic E-state index is 13.6. The molecule has 4 nitrogen and oxygen atoms in total. The molecule has 20 heavy (non-hydrogen) atoms. The van der Waals surface area contributed by atoms with Crippen LogP contribution in [0.2, 0.25) is 0 Å². The average Bonchev–Trinajstić information content (AvgIpc) is 2.39. The third-order valence-electron chi connectivity index (χ3n) is 2.79. The van der Waals surface area contributed by atoms with Gasteiger partial charge in [-0.1, -0.05) is 18.3 Å². The van der Waals surface area contributed by atoms with Gasteiger partial charge in [-0.25, -0.2) is 4.39 Å². The van der Waals surface area contributed by atoms with Crippen LogP contribution >= 0.6 is 12.2 Å². The second-order valence-corrected chi connectivity index (χ2v) is 4.55. The second-order valence-electron chi connectivity index (χ2n) is 4.11. The number of halogens is 2. The summed E-state index contributed by atoms with van der Waals surface area (Å²) in [6.07, 6.45) is 0. The van der Waals surface area contributed by atoms with E-state index in [1.807, 2.05) is 0 Å². The highest BCUT2D eigenvalue weighted by Gasteiger charge is 2.18. The number of hydrogen-bond donors (Lipinski definition) is 1. The quantitative estimate of drug-likeness (QED) is 0.882. The Morgan fingerprint density at radius 1 is 1.25 bits per heavy atom. The first-order valence-corrected chi connectivity index (χ1v) is 6.08. The number of hydrogen-bond acceptors (Lipinski definition) is 4. The van der Waals surface area contributed by atoms with Crippen LogP contribution in [0.3, 0.4) is 0 Å². The molecular weight excluding hydrogens is 284 g/mol. The van der Waals surface area contributed by atoms with Crippen molar-refractivity contribution in [2.75, 3.05) is 0 Å². The molecule has 2 N–H and O–H groups in total. The van der Waals surface area contributed by atoms with E-state index in [0.717, 1.165) is 6.07 Å². The lowest BCUT2D eigenvalue weighted by atomic mass is 10.1. The molecule has 0 fully saturated rings. The summed E-state index contributed by atoms with van der Waals surface area (Å²) in [7, 11) is 0. The highest BCUT2D eigenvalue weighted by Crippen LogP contribution is 2.28. The molecule has 1 aromatic heterocycles. The number of thiocarbonyl (C=S) groups is 1. The fourth-order valence-electron chi connectivity index (χ4n) is 1.62. The molecule has 0 radical (unpaired) electrons. The van der Waals surface area contributed by atoms with E-state index in [0.29, 0.717) is 16.8 Å². The van der Waals surface area contributed by atoms with Crippen molar-refractivity contribution in [1.82, 2.24) is 10.2 Å². The molecule has 0 unspecified atom stereocenters. The van der Waals surface area contributed by atoms with Crippen molar-refractivity contribution in [2.45, 2.75) is 13.8 Å². The molecule has 0 atom stereocenters. The molecule has 0 aliphatic heterocycles. The summed E-state index contributed by atoms with van der Waals surface area (Å²) in [5.41, 5.74) is 7.28. The van der Waals surface area contributed by atoms with E-state index >= 15 is 0 Å². The monoisotopic (exact) mass is 295 g/mol. The summed E-state index contributed by atoms with van der Waals surface area (Å²) in [5.74, 6) is -2.48. The molecule has 0 amide bonds. The van der Waals surface area contributed by atoms with Crippen LogP contribution in [-0.4, -0.2) is 15.2 Å². The molecule has 2 rings (SSSR count). The summed E-state index contributed by atoms with van der Waals surface area (Å²) in [6, 6.07) is 3.59. The van der Waals surface area contributed by atoms with Crippen molar-refractivity contribution < 1.29 is 13.5 Å². The van der Waals surface area contributed by atoms with Crippen molar-refractivity contribution in [3.63, 3.8) is 0 Å². The van der Waals surface area contributed by atoms with Gasteiger partial charge in [0.2, 0.25) is 11.7 Å². The summed E-state index contributed by atoms with van der Waals surface area (Å²) in [6.45, 7) is 3.48. The topological polar surface area (TPSA) is 61.0 Å². The number of nitrogens with two attached hydrogens (primary N) is 1. The first kappa shape index (κ1) is 14.3. The maximum Gasteiger partial charge on any atom is 0.249 e. The minimum absolute atomic E-state index is 0.0484. The van der Waals surface area contributed by atoms with Crippen LogP contribution in [0.15, 0.2) is 18.2 Å². The zero-order valence-corrected chi connectivity index (χ0v) is 11.6. The highest BCUT2D eigenvalue weighted by molar-refractivity contribution is 7.80. The van der Waals surface area contributed by atoms with Gasteiger partial charge in [-0.05, 0) is 31.5 Å². The lowest BCUT2D eigenvalue weighted by Gasteiger charge is -2.12. The Labute approximate surface area is 119 Å². The van der Waals surface area contributed by atoms with Crippen molar-refractivity contribution in [3.05, 3.63) is 46.7 Å². The fourth-order valence-corrected chi connectivity index (χ4v) is 1.86. The van der Waals surface area contributed by atoms with Crippen LogP contribution in [0, 0.1) is 25.5 Å². The van der Waals surface area contributed by atoms with Gasteiger partial charge in [0.15, 0.2) is 11.6 Å². The maximum atomic E-state index is 13.6. The highest BCUT2D eigenvalue weighted by atomic mass is 32.1. The number of ether oxygens (including phenoxy) is 1. The lowest BCUT2D eigenvalue weighted by Crippen LogP contribution is -2.15. The normalized spacial score (nSPS) is 10.4. The molecule has 7 heteroatoms. The minimum Gasteiger partial charge on any atom is -0.434 e. The van der Waals surface area contributed by atoms with Gasteiger partial charge in [0.05, 0.1) is 11.3 Å². The number of aryl methyl sites for hydroxylation is 1. The van der Waals surface area contributed by atoms with Gasteiger partial charge >= 0.3 is 0 Å². The van der Waals surface area contributed by atoms with E-state index in [1.54, 1.807) is 13.8 Å². The average molecular weight is 295 g/mol. The number of benzene rings is 1. The molecule has 0 saturated carbocycles. The van der Waals surface area contributed by atoms with E-state index in [1.165, 1.54) is 12.1 Å². The Morgan fingerprint density at radius 2 is 1.95 bits per heavy atom. The van der Waals surface area contributed by atoms with Crippen LogP contribution in [0.4, 0.5) is 8.78 Å². The predicted octanol–water partition coefficient (Wildman–Crippen LogP) is 2.80. The summed E-state index contributed by atoms with van der Waals surface area (Å²) < 4.78 is 32.0. The number of aromatic nitrogens is 2. The Hall–Kier alpha value is -2.15. The Morgan fingerprint density at radius 3 is 2.60 bits per heavy atom. The Balaban J connectivity index is 2.52. The molecule has 0 aliphatic carbocycles. The molecule has 1 heterocycles. The molecule has 2 aromatic rings. The minimum atomic E-state index is -1.11. The van der Waals surface area contributed by atoms with Crippen LogP contribution in [0.5, 0.6) is 11.6 Å². The van der Waals surface area contributed by atoms with Crippen molar-refractivity contribution in [1.29, 1.82) is 0 Å². The first-order chi connectivity index (χ1) is 9.41. The molecular formula is C13H11F2N3OS. The molecule has 0 bridgehead atoms. The largest absolute Gasteiger partial charge is 0.434 e. The standard InChI is InChI=1S/C13H11F2N3OS/c1-6-7(2)17-18-13(10(6)12(16)20)19-9-5-3-4-8(14)11(9)15/h3-5H,1-2H3,(H2,16,20). The van der Waals surface area contributed by atoms with Gasteiger partial charge in [-0.2, -0.15) is 9.49 Å². The molecule has 0 spiro atoms. The van der Waals surface area contributed by atoms with Crippen molar-refractivity contribution in [2.24, 2.45) is 5.73 Å². The van der Waals surface area contributed by atoms with Crippen molar-refractivity contribution >= 4 is 17.2 Å². The van der Waals surface area contributed by atoms with Crippen LogP contribution in [0.1, 0.15) is 16.8 Å². The predicted molar refractivity (Wildman–Crippen MR) is 73.8 cm³/mol. The van der Waals surface area contributed by atoms with Crippen LogP contribution < -0.4 is 10.5 Å². The molecule has 104 valence electrons. The molecule has 0 aliphatic rings. The van der Waals surface area contributed by atoms with E-state index < -0.39 is 11.6 Å². The van der Waals surface area contributed by atoms with Crippen LogP contribution in [-0.2, 0) is 0 Å². The second kappa shape index (κ2) is 5.46. The van der Waals surface area contributed by atoms with Gasteiger partial charge in [-0.3, -0.25) is 0 Å². The van der Waals surface area contributed by atoms with Gasteiger partial charge in [-0.15, -0.1) is 5.10 Å². The first-order valence-electron chi connectivity index (χ1n) is 5.67. The third-order valence-corrected chi connectivity index (χ3v) is 3.00. The van der Waals surface area contributed by atoms with Gasteiger partial charge in [0, 0.05) is 0 Å². The van der Waals surface area contributed by atoms with E-state index in [-0.39, 0.29) is 16.6 Å². The zero-order valence-electron chi connectivity index (χ0n) is 10.8. The van der Waals surface area contributed by atoms with E-state index in [4.69, 9.17) is 22.7 Å².